The fourth-order valence-corrected chi connectivity index (χ4v) is 1.19. The number of carboxylic acids is 1. The molecular formula is C10H13NO4. The van der Waals surface area contributed by atoms with Crippen molar-refractivity contribution in [1.82, 2.24) is 5.32 Å². The Kier molecular flexibility index (Phi) is 3.49. The number of hydrogen-bond donors (Lipinski definition) is 2. The molecule has 0 saturated heterocycles. The van der Waals surface area contributed by atoms with Crippen LogP contribution in [0, 0.1) is 0 Å². The van der Waals surface area contributed by atoms with Gasteiger partial charge in [0, 0.05) is 5.56 Å². The van der Waals surface area contributed by atoms with Crippen molar-refractivity contribution in [3.8, 4) is 0 Å². The molecule has 1 aromatic heterocycles. The van der Waals surface area contributed by atoms with Crippen LogP contribution in [-0.4, -0.2) is 23.5 Å². The van der Waals surface area contributed by atoms with Gasteiger partial charge in [-0.3, -0.25) is 9.59 Å². The molecule has 0 spiro atoms. The third kappa shape index (κ3) is 2.83. The Bertz CT molecular complexity index is 367. The van der Waals surface area contributed by atoms with E-state index < -0.39 is 18.4 Å². The predicted octanol–water partition coefficient (Wildman–Crippen LogP) is 1.22. The Labute approximate surface area is 87.1 Å². The largest absolute Gasteiger partial charge is 0.480 e. The Hall–Kier alpha value is -1.78. The molecule has 82 valence electrons. The number of amides is 1. The van der Waals surface area contributed by atoms with E-state index in [0.717, 1.165) is 5.56 Å². The van der Waals surface area contributed by atoms with Gasteiger partial charge >= 0.3 is 5.97 Å². The second-order valence-corrected chi connectivity index (χ2v) is 3.44. The van der Waals surface area contributed by atoms with Crippen LogP contribution in [0.4, 0.5) is 0 Å². The first-order chi connectivity index (χ1) is 7.02. The number of nitrogens with one attached hydrogen (secondary N) is 1. The van der Waals surface area contributed by atoms with Crippen LogP contribution in [0.2, 0.25) is 0 Å². The van der Waals surface area contributed by atoms with Crippen LogP contribution in [0.5, 0.6) is 0 Å². The van der Waals surface area contributed by atoms with Crippen molar-refractivity contribution in [2.24, 2.45) is 0 Å². The predicted molar refractivity (Wildman–Crippen MR) is 52.8 cm³/mol. The molecule has 0 aliphatic rings. The Morgan fingerprint density at radius 3 is 2.73 bits per heavy atom. The molecule has 5 heteroatoms. The van der Waals surface area contributed by atoms with Gasteiger partial charge in [0.25, 0.3) is 5.91 Å². The Morgan fingerprint density at radius 2 is 2.20 bits per heavy atom. The first-order valence-corrected chi connectivity index (χ1v) is 4.59. The van der Waals surface area contributed by atoms with E-state index in [1.54, 1.807) is 6.07 Å². The van der Waals surface area contributed by atoms with Crippen LogP contribution in [0.15, 0.2) is 16.7 Å². The lowest BCUT2D eigenvalue weighted by Crippen LogP contribution is -2.29. The smallest absolute Gasteiger partial charge is 0.322 e. The molecule has 1 heterocycles. The molecule has 1 amide bonds. The van der Waals surface area contributed by atoms with Crippen molar-refractivity contribution >= 4 is 11.9 Å². The summed E-state index contributed by atoms with van der Waals surface area (Å²) in [5, 5.41) is 10.6. The number of carbonyl (C=O) groups is 2. The summed E-state index contributed by atoms with van der Waals surface area (Å²) in [5.41, 5.74) is 0.776. The zero-order valence-electron chi connectivity index (χ0n) is 8.61. The molecule has 0 unspecified atom stereocenters. The van der Waals surface area contributed by atoms with Gasteiger partial charge in [-0.15, -0.1) is 0 Å². The molecule has 0 bridgehead atoms. The van der Waals surface area contributed by atoms with Gasteiger partial charge < -0.3 is 14.8 Å². The van der Waals surface area contributed by atoms with Crippen LogP contribution in [0.3, 0.4) is 0 Å². The number of carbonyl (C=O) groups excluding carboxylic acids is 1. The molecule has 0 fully saturated rings. The zero-order valence-corrected chi connectivity index (χ0v) is 8.61. The Balaban J connectivity index is 2.73. The maximum atomic E-state index is 11.5. The standard InChI is InChI=1S/C10H13NO4/c1-6(2)7-3-4-15-9(7)10(14)11-5-8(12)13/h3-4,6H,5H2,1-2H3,(H,11,14)(H,12,13). The van der Waals surface area contributed by atoms with Gasteiger partial charge in [0.2, 0.25) is 0 Å². The van der Waals surface area contributed by atoms with Gasteiger partial charge in [-0.05, 0) is 12.0 Å². The second-order valence-electron chi connectivity index (χ2n) is 3.44. The summed E-state index contributed by atoms with van der Waals surface area (Å²) in [4.78, 5) is 21.7. The minimum Gasteiger partial charge on any atom is -0.480 e. The lowest BCUT2D eigenvalue weighted by molar-refractivity contribution is -0.135. The van der Waals surface area contributed by atoms with Crippen LogP contribution >= 0.6 is 0 Å². The SMILES string of the molecule is CC(C)c1ccoc1C(=O)NCC(=O)O. The lowest BCUT2D eigenvalue weighted by atomic mass is 10.0. The minimum atomic E-state index is -1.08. The molecule has 1 rings (SSSR count). The van der Waals surface area contributed by atoms with Crippen LogP contribution < -0.4 is 5.32 Å². The topological polar surface area (TPSA) is 79.5 Å². The van der Waals surface area contributed by atoms with E-state index in [9.17, 15) is 9.59 Å². The number of carboxylic acid groups (broad SMARTS) is 1. The second kappa shape index (κ2) is 4.63. The molecule has 0 radical (unpaired) electrons. The van der Waals surface area contributed by atoms with Gasteiger partial charge in [-0.25, -0.2) is 0 Å². The molecule has 15 heavy (non-hydrogen) atoms. The Morgan fingerprint density at radius 1 is 1.53 bits per heavy atom. The summed E-state index contributed by atoms with van der Waals surface area (Å²) in [6, 6.07) is 1.71. The minimum absolute atomic E-state index is 0.161. The highest BCUT2D eigenvalue weighted by atomic mass is 16.4. The van der Waals surface area contributed by atoms with Crippen molar-refractivity contribution in [1.29, 1.82) is 0 Å². The van der Waals surface area contributed by atoms with Gasteiger partial charge in [-0.1, -0.05) is 13.8 Å². The summed E-state index contributed by atoms with van der Waals surface area (Å²) in [6.45, 7) is 3.45. The highest BCUT2D eigenvalue weighted by molar-refractivity contribution is 5.94. The quantitative estimate of drug-likeness (QED) is 0.784. The first-order valence-electron chi connectivity index (χ1n) is 4.59. The number of rotatable bonds is 4. The van der Waals surface area contributed by atoms with Crippen molar-refractivity contribution in [2.45, 2.75) is 19.8 Å². The molecule has 0 saturated carbocycles. The summed E-state index contributed by atoms with van der Waals surface area (Å²) < 4.78 is 5.02. The van der Waals surface area contributed by atoms with E-state index in [4.69, 9.17) is 9.52 Å². The molecule has 0 aliphatic heterocycles. The summed E-state index contributed by atoms with van der Waals surface area (Å²) in [7, 11) is 0. The molecule has 5 nitrogen and oxygen atoms in total. The molecule has 0 aliphatic carbocycles. The molecular weight excluding hydrogens is 198 g/mol. The molecule has 0 aromatic carbocycles. The monoisotopic (exact) mass is 211 g/mol. The maximum Gasteiger partial charge on any atom is 0.322 e. The van der Waals surface area contributed by atoms with Gasteiger partial charge in [-0.2, -0.15) is 0 Å². The van der Waals surface area contributed by atoms with E-state index in [0.29, 0.717) is 0 Å². The van der Waals surface area contributed by atoms with Gasteiger partial charge in [0.1, 0.15) is 6.54 Å². The van der Waals surface area contributed by atoms with E-state index in [-0.39, 0.29) is 11.7 Å². The van der Waals surface area contributed by atoms with E-state index >= 15 is 0 Å². The van der Waals surface area contributed by atoms with Crippen molar-refractivity contribution in [3.05, 3.63) is 23.7 Å². The number of aliphatic carboxylic acids is 1. The summed E-state index contributed by atoms with van der Waals surface area (Å²) in [5.74, 6) is -1.23. The fraction of sp³-hybridized carbons (Fsp3) is 0.400. The van der Waals surface area contributed by atoms with E-state index in [1.165, 1.54) is 6.26 Å². The average Bonchev–Trinajstić information content (AvgIpc) is 2.62. The van der Waals surface area contributed by atoms with Crippen molar-refractivity contribution in [2.75, 3.05) is 6.54 Å². The highest BCUT2D eigenvalue weighted by Gasteiger charge is 2.17. The van der Waals surface area contributed by atoms with Crippen LogP contribution in [-0.2, 0) is 4.79 Å². The van der Waals surface area contributed by atoms with E-state index in [2.05, 4.69) is 5.32 Å². The zero-order chi connectivity index (χ0) is 11.4. The fourth-order valence-electron chi connectivity index (χ4n) is 1.19. The van der Waals surface area contributed by atoms with Crippen molar-refractivity contribution in [3.63, 3.8) is 0 Å². The third-order valence-electron chi connectivity index (χ3n) is 1.92. The van der Waals surface area contributed by atoms with Gasteiger partial charge in [0.05, 0.1) is 6.26 Å². The lowest BCUT2D eigenvalue weighted by Gasteiger charge is -2.05. The third-order valence-corrected chi connectivity index (χ3v) is 1.92. The normalized spacial score (nSPS) is 10.3. The van der Waals surface area contributed by atoms with Crippen molar-refractivity contribution < 1.29 is 19.1 Å². The molecule has 2 N–H and O–H groups in total. The maximum absolute atomic E-state index is 11.5. The van der Waals surface area contributed by atoms with E-state index in [1.807, 2.05) is 13.8 Å². The van der Waals surface area contributed by atoms with Gasteiger partial charge in [0.15, 0.2) is 5.76 Å². The van der Waals surface area contributed by atoms with Crippen LogP contribution in [0.25, 0.3) is 0 Å². The summed E-state index contributed by atoms with van der Waals surface area (Å²) >= 11 is 0. The number of furan rings is 1. The van der Waals surface area contributed by atoms with Crippen LogP contribution in [0.1, 0.15) is 35.9 Å². The average molecular weight is 211 g/mol. The molecule has 0 atom stereocenters. The number of hydrogen-bond acceptors (Lipinski definition) is 3. The highest BCUT2D eigenvalue weighted by Crippen LogP contribution is 2.20. The molecule has 1 aromatic rings. The summed E-state index contributed by atoms with van der Waals surface area (Å²) in [6.07, 6.45) is 1.42. The first kappa shape index (κ1) is 11.3.